The quantitative estimate of drug-likeness (QED) is 0.673. The van der Waals surface area contributed by atoms with E-state index >= 15 is 0 Å². The molecule has 0 aromatic heterocycles. The first-order valence-corrected chi connectivity index (χ1v) is 11.5. The number of likely N-dealkylation sites (N-methyl/N-ethyl adjacent to an activating group) is 1. The Bertz CT molecular complexity index is 971. The Labute approximate surface area is 178 Å². The van der Waals surface area contributed by atoms with Gasteiger partial charge in [0.15, 0.2) is 0 Å². The molecule has 1 aliphatic heterocycles. The molecule has 0 spiro atoms. The van der Waals surface area contributed by atoms with Gasteiger partial charge in [-0.3, -0.25) is 4.79 Å². The van der Waals surface area contributed by atoms with Crippen LogP contribution in [0.2, 0.25) is 0 Å². The molecule has 0 unspecified atom stereocenters. The molecule has 0 radical (unpaired) electrons. The zero-order valence-corrected chi connectivity index (χ0v) is 18.6. The zero-order valence-electron chi connectivity index (χ0n) is 17.7. The van der Waals surface area contributed by atoms with Crippen LogP contribution in [0.1, 0.15) is 22.8 Å². The Balaban J connectivity index is 1.80. The predicted molar refractivity (Wildman–Crippen MR) is 116 cm³/mol. The van der Waals surface area contributed by atoms with Crippen molar-refractivity contribution in [1.82, 2.24) is 14.1 Å². The summed E-state index contributed by atoms with van der Waals surface area (Å²) in [6.07, 6.45) is 0. The highest BCUT2D eigenvalue weighted by atomic mass is 32.2. The first-order chi connectivity index (χ1) is 14.4. The molecule has 0 N–H and O–H groups in total. The number of rotatable bonds is 7. The smallest absolute Gasteiger partial charge is 0.253 e. The summed E-state index contributed by atoms with van der Waals surface area (Å²) < 4.78 is 32.4. The summed E-state index contributed by atoms with van der Waals surface area (Å²) in [5.41, 5.74) is 1.19. The minimum absolute atomic E-state index is 0.0387. The van der Waals surface area contributed by atoms with Gasteiger partial charge in [0.1, 0.15) is 5.75 Å². The summed E-state index contributed by atoms with van der Waals surface area (Å²) in [6.45, 7) is 6.31. The molecular weight excluding hydrogens is 402 g/mol. The van der Waals surface area contributed by atoms with Crippen LogP contribution in [-0.2, 0) is 16.6 Å². The van der Waals surface area contributed by atoms with Crippen molar-refractivity contribution in [3.8, 4) is 5.75 Å². The van der Waals surface area contributed by atoms with E-state index in [1.54, 1.807) is 48.5 Å². The van der Waals surface area contributed by atoms with Gasteiger partial charge in [-0.1, -0.05) is 25.1 Å². The SMILES string of the molecule is CCN1CCN(C(=O)c2ccc(OC)c(CN(C)S(=O)(=O)c3ccccc3)c2)CC1. The summed E-state index contributed by atoms with van der Waals surface area (Å²) in [4.78, 5) is 17.4. The third-order valence-corrected chi connectivity index (χ3v) is 7.30. The van der Waals surface area contributed by atoms with Crippen molar-refractivity contribution in [2.24, 2.45) is 0 Å². The number of carbonyl (C=O) groups is 1. The number of hydrogen-bond donors (Lipinski definition) is 0. The fourth-order valence-corrected chi connectivity index (χ4v) is 4.75. The second kappa shape index (κ2) is 9.59. The van der Waals surface area contributed by atoms with Crippen molar-refractivity contribution in [2.45, 2.75) is 18.4 Å². The highest BCUT2D eigenvalue weighted by Gasteiger charge is 2.24. The van der Waals surface area contributed by atoms with E-state index in [-0.39, 0.29) is 17.3 Å². The molecule has 1 aliphatic rings. The fourth-order valence-electron chi connectivity index (χ4n) is 3.58. The minimum Gasteiger partial charge on any atom is -0.496 e. The third kappa shape index (κ3) is 4.83. The largest absolute Gasteiger partial charge is 0.496 e. The number of piperazine rings is 1. The second-order valence-electron chi connectivity index (χ2n) is 7.33. The number of methoxy groups -OCH3 is 1. The van der Waals surface area contributed by atoms with Gasteiger partial charge in [0, 0.05) is 50.9 Å². The molecule has 0 atom stereocenters. The Kier molecular flexibility index (Phi) is 7.12. The number of sulfonamides is 1. The predicted octanol–water partition coefficient (Wildman–Crippen LogP) is 2.29. The van der Waals surface area contributed by atoms with Gasteiger partial charge in [-0.2, -0.15) is 4.31 Å². The van der Waals surface area contributed by atoms with E-state index in [9.17, 15) is 13.2 Å². The Morgan fingerprint density at radius 1 is 1.07 bits per heavy atom. The van der Waals surface area contributed by atoms with Crippen LogP contribution >= 0.6 is 0 Å². The van der Waals surface area contributed by atoms with Crippen molar-refractivity contribution in [3.63, 3.8) is 0 Å². The molecule has 1 fully saturated rings. The molecule has 0 bridgehead atoms. The summed E-state index contributed by atoms with van der Waals surface area (Å²) in [7, 11) is -0.582. The first-order valence-electron chi connectivity index (χ1n) is 10.1. The lowest BCUT2D eigenvalue weighted by atomic mass is 10.1. The van der Waals surface area contributed by atoms with Gasteiger partial charge in [0.25, 0.3) is 5.91 Å². The van der Waals surface area contributed by atoms with Gasteiger partial charge < -0.3 is 14.5 Å². The molecular formula is C22H29N3O4S. The van der Waals surface area contributed by atoms with E-state index in [2.05, 4.69) is 11.8 Å². The zero-order chi connectivity index (χ0) is 21.7. The highest BCUT2D eigenvalue weighted by Crippen LogP contribution is 2.25. The van der Waals surface area contributed by atoms with E-state index < -0.39 is 10.0 Å². The van der Waals surface area contributed by atoms with Crippen molar-refractivity contribution >= 4 is 15.9 Å². The van der Waals surface area contributed by atoms with Crippen LogP contribution in [-0.4, -0.2) is 75.3 Å². The number of carbonyl (C=O) groups excluding carboxylic acids is 1. The van der Waals surface area contributed by atoms with E-state index in [4.69, 9.17) is 4.74 Å². The summed E-state index contributed by atoms with van der Waals surface area (Å²) in [5, 5.41) is 0. The van der Waals surface area contributed by atoms with Gasteiger partial charge in [0.2, 0.25) is 10.0 Å². The molecule has 162 valence electrons. The Morgan fingerprint density at radius 2 is 1.73 bits per heavy atom. The second-order valence-corrected chi connectivity index (χ2v) is 9.37. The van der Waals surface area contributed by atoms with Gasteiger partial charge in [-0.25, -0.2) is 8.42 Å². The third-order valence-electron chi connectivity index (χ3n) is 5.48. The van der Waals surface area contributed by atoms with Gasteiger partial charge in [0.05, 0.1) is 12.0 Å². The van der Waals surface area contributed by atoms with E-state index in [0.717, 1.165) is 19.6 Å². The molecule has 1 saturated heterocycles. The van der Waals surface area contributed by atoms with E-state index in [1.165, 1.54) is 18.5 Å². The van der Waals surface area contributed by atoms with Crippen LogP contribution in [0.25, 0.3) is 0 Å². The molecule has 1 amide bonds. The topological polar surface area (TPSA) is 70.2 Å². The van der Waals surface area contributed by atoms with Crippen LogP contribution < -0.4 is 4.74 Å². The lowest BCUT2D eigenvalue weighted by molar-refractivity contribution is 0.0643. The average Bonchev–Trinajstić information content (AvgIpc) is 2.79. The van der Waals surface area contributed by atoms with Gasteiger partial charge in [-0.15, -0.1) is 0 Å². The number of nitrogens with zero attached hydrogens (tertiary/aromatic N) is 3. The van der Waals surface area contributed by atoms with Crippen molar-refractivity contribution < 1.29 is 17.9 Å². The number of amides is 1. The molecule has 2 aromatic rings. The molecule has 0 aliphatic carbocycles. The van der Waals surface area contributed by atoms with Crippen molar-refractivity contribution in [3.05, 3.63) is 59.7 Å². The molecule has 0 saturated carbocycles. The fraction of sp³-hybridized carbons (Fsp3) is 0.409. The average molecular weight is 432 g/mol. The molecule has 1 heterocycles. The standard InChI is InChI=1S/C22H29N3O4S/c1-4-24-12-14-25(15-13-24)22(26)18-10-11-21(29-3)19(16-18)17-23(2)30(27,28)20-8-6-5-7-9-20/h5-11,16H,4,12-15,17H2,1-3H3. The van der Waals surface area contributed by atoms with E-state index in [1.807, 2.05) is 4.90 Å². The maximum atomic E-state index is 13.0. The summed E-state index contributed by atoms with van der Waals surface area (Å²) >= 11 is 0. The van der Waals surface area contributed by atoms with Crippen LogP contribution in [0, 0.1) is 0 Å². The number of ether oxygens (including phenoxy) is 1. The van der Waals surface area contributed by atoms with Crippen molar-refractivity contribution in [1.29, 1.82) is 0 Å². The van der Waals surface area contributed by atoms with Crippen LogP contribution in [0.4, 0.5) is 0 Å². The van der Waals surface area contributed by atoms with Crippen molar-refractivity contribution in [2.75, 3.05) is 46.9 Å². The first kappa shape index (κ1) is 22.3. The lowest BCUT2D eigenvalue weighted by Gasteiger charge is -2.34. The van der Waals surface area contributed by atoms with Crippen LogP contribution in [0.3, 0.4) is 0 Å². The molecule has 7 nitrogen and oxygen atoms in total. The Hall–Kier alpha value is -2.42. The van der Waals surface area contributed by atoms with Crippen LogP contribution in [0.5, 0.6) is 5.75 Å². The molecule has 3 rings (SSSR count). The maximum absolute atomic E-state index is 13.0. The Morgan fingerprint density at radius 3 is 2.33 bits per heavy atom. The summed E-state index contributed by atoms with van der Waals surface area (Å²) in [6, 6.07) is 13.5. The van der Waals surface area contributed by atoms with Gasteiger partial charge >= 0.3 is 0 Å². The number of benzene rings is 2. The highest BCUT2D eigenvalue weighted by molar-refractivity contribution is 7.89. The molecule has 30 heavy (non-hydrogen) atoms. The summed E-state index contributed by atoms with van der Waals surface area (Å²) in [5.74, 6) is 0.515. The number of hydrogen-bond acceptors (Lipinski definition) is 5. The molecule has 2 aromatic carbocycles. The van der Waals surface area contributed by atoms with Crippen LogP contribution in [0.15, 0.2) is 53.4 Å². The molecule has 8 heteroatoms. The van der Waals surface area contributed by atoms with Gasteiger partial charge in [-0.05, 0) is 36.9 Å². The maximum Gasteiger partial charge on any atom is 0.253 e. The monoisotopic (exact) mass is 431 g/mol. The lowest BCUT2D eigenvalue weighted by Crippen LogP contribution is -2.48. The van der Waals surface area contributed by atoms with E-state index in [0.29, 0.717) is 30.0 Å². The minimum atomic E-state index is -3.65. The normalized spacial score (nSPS) is 15.4.